The van der Waals surface area contributed by atoms with E-state index in [4.69, 9.17) is 15.6 Å². The molecule has 10 heteroatoms. The molecule has 0 amide bonds. The van der Waals surface area contributed by atoms with Crippen LogP contribution in [0.2, 0.25) is 0 Å². The van der Waals surface area contributed by atoms with E-state index in [0.717, 1.165) is 62.2 Å². The first kappa shape index (κ1) is 25.2. The van der Waals surface area contributed by atoms with E-state index in [1.54, 1.807) is 7.11 Å². The second-order valence-corrected chi connectivity index (χ2v) is 9.30. The van der Waals surface area contributed by atoms with Crippen LogP contribution in [-0.4, -0.2) is 69.4 Å². The smallest absolute Gasteiger partial charge is 0.222 e. The molecule has 35 heavy (non-hydrogen) atoms. The van der Waals surface area contributed by atoms with Crippen molar-refractivity contribution in [1.29, 1.82) is 0 Å². The van der Waals surface area contributed by atoms with Crippen LogP contribution in [0.3, 0.4) is 0 Å². The number of methoxy groups -OCH3 is 1. The molecule has 2 aromatic heterocycles. The molecule has 0 bridgehead atoms. The van der Waals surface area contributed by atoms with Crippen LogP contribution in [0.25, 0.3) is 11.0 Å². The number of unbranched alkanes of at least 4 members (excludes halogenated alkanes) is 1. The lowest BCUT2D eigenvalue weighted by atomic mass is 9.82. The summed E-state index contributed by atoms with van der Waals surface area (Å²) in [5, 5.41) is 27.2. The minimum Gasteiger partial charge on any atom is -0.496 e. The van der Waals surface area contributed by atoms with E-state index in [-0.39, 0.29) is 18.7 Å². The average molecular weight is 484 g/mol. The molecule has 5 N–H and O–H groups in total. The van der Waals surface area contributed by atoms with Gasteiger partial charge in [0.2, 0.25) is 5.95 Å². The summed E-state index contributed by atoms with van der Waals surface area (Å²) >= 11 is 0. The Morgan fingerprint density at radius 1 is 1.26 bits per heavy atom. The van der Waals surface area contributed by atoms with Crippen LogP contribution in [0.5, 0.6) is 5.75 Å². The summed E-state index contributed by atoms with van der Waals surface area (Å²) in [6, 6.07) is 6.22. The number of aromatic nitrogens is 4. The van der Waals surface area contributed by atoms with Gasteiger partial charge in [0.1, 0.15) is 11.3 Å². The number of ether oxygens (including phenoxy) is 1. The van der Waals surface area contributed by atoms with Crippen LogP contribution in [0.15, 0.2) is 24.4 Å². The van der Waals surface area contributed by atoms with Gasteiger partial charge < -0.3 is 30.9 Å². The van der Waals surface area contributed by atoms with Gasteiger partial charge in [-0.3, -0.25) is 4.68 Å². The monoisotopic (exact) mass is 483 g/mol. The molecule has 0 atom stereocenters. The fourth-order valence-corrected chi connectivity index (χ4v) is 4.55. The molecule has 1 fully saturated rings. The van der Waals surface area contributed by atoms with Gasteiger partial charge in [-0.25, -0.2) is 4.98 Å². The number of fused-ring (bicyclic) bond motifs is 1. The maximum atomic E-state index is 9.56. The van der Waals surface area contributed by atoms with Gasteiger partial charge in [0.05, 0.1) is 32.6 Å². The Balaban J connectivity index is 1.50. The predicted octanol–water partition coefficient (Wildman–Crippen LogP) is 1.92. The van der Waals surface area contributed by atoms with Gasteiger partial charge in [0.15, 0.2) is 11.3 Å². The van der Waals surface area contributed by atoms with Crippen molar-refractivity contribution in [1.82, 2.24) is 25.1 Å². The van der Waals surface area contributed by atoms with E-state index in [0.29, 0.717) is 35.9 Å². The van der Waals surface area contributed by atoms with Crippen molar-refractivity contribution in [3.05, 3.63) is 35.5 Å². The van der Waals surface area contributed by atoms with Crippen LogP contribution in [0.1, 0.15) is 43.7 Å². The molecule has 1 saturated carbocycles. The molecular weight excluding hydrogens is 446 g/mol. The van der Waals surface area contributed by atoms with Crippen molar-refractivity contribution in [3.8, 4) is 5.75 Å². The van der Waals surface area contributed by atoms with Crippen molar-refractivity contribution in [2.24, 2.45) is 5.92 Å². The van der Waals surface area contributed by atoms with E-state index >= 15 is 0 Å². The first-order valence-corrected chi connectivity index (χ1v) is 12.4. The zero-order chi connectivity index (χ0) is 24.8. The highest BCUT2D eigenvalue weighted by atomic mass is 16.5. The van der Waals surface area contributed by atoms with Crippen LogP contribution in [0, 0.1) is 5.92 Å². The summed E-state index contributed by atoms with van der Waals surface area (Å²) in [4.78, 5) is 10.9. The summed E-state index contributed by atoms with van der Waals surface area (Å²) in [6.45, 7) is 5.57. The number of rotatable bonds is 13. The zero-order valence-electron chi connectivity index (χ0n) is 20.7. The maximum absolute atomic E-state index is 9.56. The molecule has 0 spiro atoms. The number of aliphatic hydroxyl groups excluding tert-OH is 2. The first-order chi connectivity index (χ1) is 17.0. The summed E-state index contributed by atoms with van der Waals surface area (Å²) in [5.74, 6) is 2.22. The molecule has 0 unspecified atom stereocenters. The fourth-order valence-electron chi connectivity index (χ4n) is 4.55. The van der Waals surface area contributed by atoms with Gasteiger partial charge >= 0.3 is 0 Å². The number of nitrogens with one attached hydrogen (secondary N) is 1. The molecule has 10 nitrogen and oxygen atoms in total. The maximum Gasteiger partial charge on any atom is 0.222 e. The van der Waals surface area contributed by atoms with Gasteiger partial charge in [-0.1, -0.05) is 25.5 Å². The highest BCUT2D eigenvalue weighted by Crippen LogP contribution is 2.27. The molecule has 2 heterocycles. The van der Waals surface area contributed by atoms with Crippen molar-refractivity contribution in [3.63, 3.8) is 0 Å². The number of hydrogen-bond donors (Lipinski definition) is 4. The molecule has 3 aromatic rings. The first-order valence-electron chi connectivity index (χ1n) is 12.4. The third-order valence-electron chi connectivity index (χ3n) is 6.52. The Hall–Kier alpha value is -2.95. The minimum atomic E-state index is -0.118. The molecule has 1 aromatic carbocycles. The largest absolute Gasteiger partial charge is 0.496 e. The van der Waals surface area contributed by atoms with Crippen molar-refractivity contribution < 1.29 is 14.9 Å². The van der Waals surface area contributed by atoms with Crippen molar-refractivity contribution in [2.75, 3.05) is 44.0 Å². The topological polar surface area (TPSA) is 135 Å². The number of nitrogens with zero attached hydrogens (tertiary/aromatic N) is 5. The standard InChI is InChI=1S/C25H37N7O3/c1-3-4-7-31(8-9-33)24-23-21(28-25(26)29-24)16-32(30-23)15-19-6-5-17(12-22(19)35-2)13-27-14-18-10-20(34)11-18/h5-6,12,16,18,20,27,33-34H,3-4,7-11,13-15H2,1-2H3,(H2,26,28). The number of hydrogen-bond acceptors (Lipinski definition) is 9. The highest BCUT2D eigenvalue weighted by Gasteiger charge is 2.26. The van der Waals surface area contributed by atoms with Gasteiger partial charge in [0, 0.05) is 25.2 Å². The van der Waals surface area contributed by atoms with Crippen LogP contribution in [0.4, 0.5) is 11.8 Å². The van der Waals surface area contributed by atoms with Crippen LogP contribution >= 0.6 is 0 Å². The van der Waals surface area contributed by atoms with Gasteiger partial charge in [-0.15, -0.1) is 0 Å². The lowest BCUT2D eigenvalue weighted by Gasteiger charge is -2.31. The Kier molecular flexibility index (Phi) is 8.37. The summed E-state index contributed by atoms with van der Waals surface area (Å²) in [7, 11) is 1.68. The van der Waals surface area contributed by atoms with Gasteiger partial charge in [0.25, 0.3) is 0 Å². The van der Waals surface area contributed by atoms with Crippen LogP contribution < -0.4 is 20.7 Å². The minimum absolute atomic E-state index is 0.0246. The lowest BCUT2D eigenvalue weighted by molar-refractivity contribution is 0.0430. The Labute approximate surface area is 206 Å². The van der Waals surface area contributed by atoms with E-state index in [1.807, 2.05) is 15.8 Å². The number of anilines is 2. The van der Waals surface area contributed by atoms with Gasteiger partial charge in [-0.05, 0) is 43.4 Å². The van der Waals surface area contributed by atoms with E-state index in [2.05, 4.69) is 40.4 Å². The Morgan fingerprint density at radius 2 is 2.09 bits per heavy atom. The van der Waals surface area contributed by atoms with Crippen molar-refractivity contribution in [2.45, 2.75) is 51.8 Å². The summed E-state index contributed by atoms with van der Waals surface area (Å²) < 4.78 is 7.51. The summed E-state index contributed by atoms with van der Waals surface area (Å²) in [6.07, 6.45) is 5.55. The second kappa shape index (κ2) is 11.7. The van der Waals surface area contributed by atoms with Gasteiger partial charge in [-0.2, -0.15) is 10.1 Å². The van der Waals surface area contributed by atoms with Crippen LogP contribution in [-0.2, 0) is 13.1 Å². The molecule has 190 valence electrons. The SMILES string of the molecule is CCCCN(CCO)c1nc(N)nc2cn(Cc3ccc(CNCC4CC(O)C4)cc3OC)nc12. The zero-order valence-corrected chi connectivity index (χ0v) is 20.7. The third-order valence-corrected chi connectivity index (χ3v) is 6.52. The number of aliphatic hydroxyl groups is 2. The molecule has 1 aliphatic carbocycles. The van der Waals surface area contributed by atoms with E-state index in [1.165, 1.54) is 0 Å². The third kappa shape index (κ3) is 6.19. The molecule has 0 radical (unpaired) electrons. The lowest BCUT2D eigenvalue weighted by Crippen LogP contribution is -2.35. The molecule has 4 rings (SSSR count). The quantitative estimate of drug-likeness (QED) is 0.288. The molecular formula is C25H37N7O3. The molecule has 1 aliphatic rings. The predicted molar refractivity (Wildman–Crippen MR) is 136 cm³/mol. The Bertz CT molecular complexity index is 1110. The highest BCUT2D eigenvalue weighted by molar-refractivity contribution is 5.86. The molecule has 0 aliphatic heterocycles. The summed E-state index contributed by atoms with van der Waals surface area (Å²) in [5.41, 5.74) is 9.50. The van der Waals surface area contributed by atoms with Crippen molar-refractivity contribution >= 4 is 22.8 Å². The Morgan fingerprint density at radius 3 is 2.80 bits per heavy atom. The fraction of sp³-hybridized carbons (Fsp3) is 0.560. The number of nitrogens with two attached hydrogens (primary N) is 1. The number of benzene rings is 1. The average Bonchev–Trinajstić information content (AvgIpc) is 3.23. The van der Waals surface area contributed by atoms with E-state index < -0.39 is 0 Å². The number of nitrogen functional groups attached to an aromatic ring is 1. The molecule has 0 saturated heterocycles. The second-order valence-electron chi connectivity index (χ2n) is 9.30. The van der Waals surface area contributed by atoms with E-state index in [9.17, 15) is 10.2 Å². The normalized spacial score (nSPS) is 17.5.